The van der Waals surface area contributed by atoms with Crippen LogP contribution in [0.25, 0.3) is 0 Å². The molecule has 0 spiro atoms. The molecule has 2 aromatic carbocycles. The highest BCUT2D eigenvalue weighted by Gasteiger charge is 2.33. The van der Waals surface area contributed by atoms with Gasteiger partial charge in [-0.25, -0.2) is 0 Å². The van der Waals surface area contributed by atoms with Gasteiger partial charge in [-0.05, 0) is 25.0 Å². The molecule has 1 fully saturated rings. The largest absolute Gasteiger partial charge is 0.463 e. The third kappa shape index (κ3) is 16.4. The quantitative estimate of drug-likeness (QED) is 0.226. The van der Waals surface area contributed by atoms with Crippen LogP contribution in [0.5, 0.6) is 0 Å². The SMILES string of the molecule is CC1(C)OCC(COC(=O)CCC(=O)OCc2ccccc2)O1.O=C(CCC(=O)OCC(O)CO)OCc1ccccc1. The number of carbonyl (C=O) groups excluding carboxylic acids is 4. The Morgan fingerprint density at radius 1 is 0.767 bits per heavy atom. The van der Waals surface area contributed by atoms with Gasteiger partial charge in [0.25, 0.3) is 0 Å². The van der Waals surface area contributed by atoms with Crippen molar-refractivity contribution < 1.29 is 57.8 Å². The van der Waals surface area contributed by atoms with Crippen molar-refractivity contribution in [3.8, 4) is 0 Å². The molecule has 1 aliphatic rings. The molecule has 1 heterocycles. The summed E-state index contributed by atoms with van der Waals surface area (Å²) < 4.78 is 30.7. The Bertz CT molecular complexity index is 1120. The van der Waals surface area contributed by atoms with Gasteiger partial charge in [0.05, 0.1) is 38.9 Å². The van der Waals surface area contributed by atoms with Gasteiger partial charge in [0.1, 0.15) is 38.6 Å². The zero-order valence-electron chi connectivity index (χ0n) is 24.5. The number of rotatable bonds is 15. The fraction of sp³-hybridized carbons (Fsp3) is 0.484. The highest BCUT2D eigenvalue weighted by molar-refractivity contribution is 5.78. The second-order valence-electron chi connectivity index (χ2n) is 9.95. The van der Waals surface area contributed by atoms with Crippen LogP contribution in [0.15, 0.2) is 60.7 Å². The molecular weight excluding hydrogens is 564 g/mol. The molecule has 2 atom stereocenters. The van der Waals surface area contributed by atoms with Crippen molar-refractivity contribution in [1.29, 1.82) is 0 Å². The lowest BCUT2D eigenvalue weighted by Gasteiger charge is -2.16. The summed E-state index contributed by atoms with van der Waals surface area (Å²) in [6, 6.07) is 18.6. The van der Waals surface area contributed by atoms with Gasteiger partial charge in [-0.15, -0.1) is 0 Å². The summed E-state index contributed by atoms with van der Waals surface area (Å²) in [5.74, 6) is -2.62. The minimum absolute atomic E-state index is 0.000810. The van der Waals surface area contributed by atoms with Gasteiger partial charge in [-0.3, -0.25) is 19.2 Å². The summed E-state index contributed by atoms with van der Waals surface area (Å²) in [5, 5.41) is 17.5. The summed E-state index contributed by atoms with van der Waals surface area (Å²) in [4.78, 5) is 45.8. The molecule has 2 N–H and O–H groups in total. The average molecular weight is 605 g/mol. The summed E-state index contributed by atoms with van der Waals surface area (Å²) >= 11 is 0. The molecule has 0 bridgehead atoms. The van der Waals surface area contributed by atoms with Crippen molar-refractivity contribution in [2.75, 3.05) is 26.4 Å². The monoisotopic (exact) mass is 604 g/mol. The van der Waals surface area contributed by atoms with E-state index < -0.39 is 42.4 Å². The lowest BCUT2D eigenvalue weighted by molar-refractivity contribution is -0.159. The van der Waals surface area contributed by atoms with Crippen molar-refractivity contribution >= 4 is 23.9 Å². The van der Waals surface area contributed by atoms with Gasteiger partial charge >= 0.3 is 23.9 Å². The van der Waals surface area contributed by atoms with Gasteiger partial charge in [-0.1, -0.05) is 60.7 Å². The Balaban J connectivity index is 0.000000304. The van der Waals surface area contributed by atoms with Crippen LogP contribution in [0.4, 0.5) is 0 Å². The molecule has 2 unspecified atom stereocenters. The smallest absolute Gasteiger partial charge is 0.306 e. The van der Waals surface area contributed by atoms with Crippen LogP contribution in [0, 0.1) is 0 Å². The van der Waals surface area contributed by atoms with Gasteiger partial charge < -0.3 is 38.6 Å². The molecule has 2 aromatic rings. The van der Waals surface area contributed by atoms with Gasteiger partial charge in [0.15, 0.2) is 5.79 Å². The number of hydrogen-bond donors (Lipinski definition) is 2. The van der Waals surface area contributed by atoms with Crippen molar-refractivity contribution in [3.63, 3.8) is 0 Å². The van der Waals surface area contributed by atoms with Crippen molar-refractivity contribution in [1.82, 2.24) is 0 Å². The van der Waals surface area contributed by atoms with Crippen LogP contribution in [0.3, 0.4) is 0 Å². The first-order valence-corrected chi connectivity index (χ1v) is 13.9. The Morgan fingerprint density at radius 3 is 1.63 bits per heavy atom. The van der Waals surface area contributed by atoms with E-state index in [-0.39, 0.29) is 58.2 Å². The van der Waals surface area contributed by atoms with Crippen LogP contribution in [0.1, 0.15) is 50.7 Å². The molecule has 0 aromatic heterocycles. The van der Waals surface area contributed by atoms with E-state index in [9.17, 15) is 19.2 Å². The standard InChI is InChI=1S/C17H22O6.C14H18O6/c1-17(2)22-12-14(23-17)11-21-16(19)9-8-15(18)20-10-13-6-4-3-5-7-13;15-8-12(16)10-20-14(18)7-6-13(17)19-9-11-4-2-1-3-5-11/h3-7,14H,8-12H2,1-2H3;1-5,12,15-16H,6-10H2. The first kappa shape index (κ1) is 35.4. The molecule has 0 aliphatic carbocycles. The number of benzene rings is 2. The molecule has 3 rings (SSSR count). The number of aliphatic hydroxyl groups excluding tert-OH is 2. The normalized spacial score (nSPS) is 15.8. The average Bonchev–Trinajstić information content (AvgIpc) is 3.37. The maximum atomic E-state index is 11.6. The van der Waals surface area contributed by atoms with Crippen molar-refractivity contribution in [3.05, 3.63) is 71.8 Å². The first-order valence-electron chi connectivity index (χ1n) is 13.9. The van der Waals surface area contributed by atoms with Crippen LogP contribution in [-0.4, -0.2) is 78.5 Å². The summed E-state index contributed by atoms with van der Waals surface area (Å²) in [5.41, 5.74) is 1.78. The lowest BCUT2D eigenvalue weighted by Crippen LogP contribution is -2.25. The molecule has 12 nitrogen and oxygen atoms in total. The van der Waals surface area contributed by atoms with E-state index in [4.69, 9.17) is 33.9 Å². The van der Waals surface area contributed by atoms with Gasteiger partial charge in [0, 0.05) is 0 Å². The molecule has 1 saturated heterocycles. The minimum atomic E-state index is -1.09. The second kappa shape index (κ2) is 19.4. The highest BCUT2D eigenvalue weighted by Crippen LogP contribution is 2.22. The Morgan fingerprint density at radius 2 is 1.21 bits per heavy atom. The Hall–Kier alpha value is -3.84. The molecule has 0 radical (unpaired) electrons. The van der Waals surface area contributed by atoms with Crippen molar-refractivity contribution in [2.45, 2.75) is 70.7 Å². The molecule has 236 valence electrons. The molecule has 1 aliphatic heterocycles. The predicted molar refractivity (Wildman–Crippen MR) is 151 cm³/mol. The third-order valence-electron chi connectivity index (χ3n) is 5.70. The molecule has 0 amide bonds. The zero-order chi connectivity index (χ0) is 31.5. The maximum Gasteiger partial charge on any atom is 0.306 e. The van der Waals surface area contributed by atoms with Crippen molar-refractivity contribution in [2.24, 2.45) is 0 Å². The predicted octanol–water partition coefficient (Wildman–Crippen LogP) is 2.61. The summed E-state index contributed by atoms with van der Waals surface area (Å²) in [7, 11) is 0. The first-order chi connectivity index (χ1) is 20.6. The van der Waals surface area contributed by atoms with Crippen LogP contribution in [-0.2, 0) is 60.8 Å². The molecular formula is C31H40O12. The lowest BCUT2D eigenvalue weighted by atomic mass is 10.2. The number of aliphatic hydroxyl groups is 2. The van der Waals surface area contributed by atoms with E-state index in [0.29, 0.717) is 6.61 Å². The number of ether oxygens (including phenoxy) is 6. The van der Waals surface area contributed by atoms with Crippen LogP contribution in [0.2, 0.25) is 0 Å². The fourth-order valence-electron chi connectivity index (χ4n) is 3.45. The highest BCUT2D eigenvalue weighted by atomic mass is 16.7. The third-order valence-corrected chi connectivity index (χ3v) is 5.70. The van der Waals surface area contributed by atoms with E-state index in [1.54, 1.807) is 13.8 Å². The number of esters is 4. The maximum absolute atomic E-state index is 11.6. The summed E-state index contributed by atoms with van der Waals surface area (Å²) in [6.45, 7) is 3.73. The van der Waals surface area contributed by atoms with Gasteiger partial charge in [-0.2, -0.15) is 0 Å². The zero-order valence-corrected chi connectivity index (χ0v) is 24.5. The molecule has 43 heavy (non-hydrogen) atoms. The number of hydrogen-bond acceptors (Lipinski definition) is 12. The van der Waals surface area contributed by atoms with E-state index in [1.807, 2.05) is 60.7 Å². The van der Waals surface area contributed by atoms with Crippen LogP contribution >= 0.6 is 0 Å². The second-order valence-corrected chi connectivity index (χ2v) is 9.95. The van der Waals surface area contributed by atoms with Gasteiger partial charge in [0.2, 0.25) is 0 Å². The Labute approximate surface area is 250 Å². The Kier molecular flexibility index (Phi) is 15.9. The molecule has 12 heteroatoms. The van der Waals surface area contributed by atoms with Crippen LogP contribution < -0.4 is 0 Å². The van der Waals surface area contributed by atoms with E-state index >= 15 is 0 Å². The van der Waals surface area contributed by atoms with E-state index in [0.717, 1.165) is 11.1 Å². The molecule has 0 saturated carbocycles. The topological polar surface area (TPSA) is 164 Å². The summed E-state index contributed by atoms with van der Waals surface area (Å²) in [6.07, 6.45) is -1.57. The minimum Gasteiger partial charge on any atom is -0.463 e. The number of carbonyl (C=O) groups is 4. The van der Waals surface area contributed by atoms with E-state index in [1.165, 1.54) is 0 Å². The van der Waals surface area contributed by atoms with E-state index in [2.05, 4.69) is 4.74 Å². The fourth-order valence-corrected chi connectivity index (χ4v) is 3.45.